The first kappa shape index (κ1) is 27.7. The van der Waals surface area contributed by atoms with Crippen LogP contribution in [-0.2, 0) is 16.1 Å². The zero-order chi connectivity index (χ0) is 28.7. The Hall–Kier alpha value is -3.49. The zero-order valence-corrected chi connectivity index (χ0v) is 24.5. The Morgan fingerprint density at radius 3 is 2.15 bits per heavy atom. The monoisotopic (exact) mass is 558 g/mol. The molecule has 2 aromatic heterocycles. The number of nitrogens with one attached hydrogen (secondary N) is 2. The highest BCUT2D eigenvalue weighted by atomic mass is 16.2. The molecule has 0 radical (unpaired) electrons. The predicted molar refractivity (Wildman–Crippen MR) is 158 cm³/mol. The highest BCUT2D eigenvalue weighted by Crippen LogP contribution is 2.61. The lowest BCUT2D eigenvalue weighted by atomic mass is 9.49. The fourth-order valence-electron chi connectivity index (χ4n) is 8.36. The molecule has 4 bridgehead atoms. The van der Waals surface area contributed by atoms with E-state index >= 15 is 0 Å². The minimum absolute atomic E-state index is 0.0920. The van der Waals surface area contributed by atoms with Gasteiger partial charge in [0.2, 0.25) is 11.8 Å². The molecule has 1 aromatic carbocycles. The summed E-state index contributed by atoms with van der Waals surface area (Å²) in [5.74, 6) is 2.55. The number of aryl methyl sites for hydroxylation is 4. The molecule has 0 atom stereocenters. The third-order valence-electron chi connectivity index (χ3n) is 9.71. The van der Waals surface area contributed by atoms with E-state index in [0.717, 1.165) is 45.8 Å². The molecule has 2 heterocycles. The molecule has 2 amide bonds. The predicted octanol–water partition coefficient (Wildman–Crippen LogP) is 4.13. The van der Waals surface area contributed by atoms with Gasteiger partial charge in [-0.05, 0) is 101 Å². The van der Waals surface area contributed by atoms with E-state index < -0.39 is 0 Å². The number of benzene rings is 1. The van der Waals surface area contributed by atoms with Gasteiger partial charge in [-0.15, -0.1) is 0 Å². The quantitative estimate of drug-likeness (QED) is 0.364. The lowest BCUT2D eigenvalue weighted by Crippen LogP contribution is -2.48. The third kappa shape index (κ3) is 5.68. The summed E-state index contributed by atoms with van der Waals surface area (Å²) >= 11 is 0. The van der Waals surface area contributed by atoms with Gasteiger partial charge < -0.3 is 10.6 Å². The Labute approximate surface area is 241 Å². The first-order valence-electron chi connectivity index (χ1n) is 15.3. The molecular formula is C32H42N6O3. The van der Waals surface area contributed by atoms with Gasteiger partial charge in [0.1, 0.15) is 0 Å². The molecule has 4 aliphatic carbocycles. The summed E-state index contributed by atoms with van der Waals surface area (Å²) in [7, 11) is 0. The second kappa shape index (κ2) is 11.1. The molecule has 0 saturated heterocycles. The molecule has 0 unspecified atom stereocenters. The SMILES string of the molecule is Cc1ccc(-n2nc3c(=O)n(CCCC(=O)NCCNC(=O)CC45CC6CC(CC(C6)C4)C5)nc(C)c3c2C)cc1. The number of aromatic nitrogens is 4. The number of nitrogens with zero attached hydrogens (tertiary/aromatic N) is 4. The van der Waals surface area contributed by atoms with Crippen LogP contribution in [-0.4, -0.2) is 44.5 Å². The topological polar surface area (TPSA) is 111 Å². The second-order valence-corrected chi connectivity index (χ2v) is 13.1. The van der Waals surface area contributed by atoms with Crippen molar-refractivity contribution in [3.8, 4) is 5.69 Å². The normalized spacial score (nSPS) is 24.6. The van der Waals surface area contributed by atoms with Crippen LogP contribution in [0.1, 0.15) is 74.7 Å². The van der Waals surface area contributed by atoms with Crippen LogP contribution in [0.4, 0.5) is 0 Å². The highest BCUT2D eigenvalue weighted by molar-refractivity contribution is 5.83. The van der Waals surface area contributed by atoms with Gasteiger partial charge in [-0.2, -0.15) is 10.2 Å². The maximum absolute atomic E-state index is 13.2. The van der Waals surface area contributed by atoms with Crippen LogP contribution in [0, 0.1) is 43.9 Å². The summed E-state index contributed by atoms with van der Waals surface area (Å²) in [6, 6.07) is 8.02. The molecule has 3 aromatic rings. The number of fused-ring (bicyclic) bond motifs is 1. The van der Waals surface area contributed by atoms with Crippen LogP contribution in [0.3, 0.4) is 0 Å². The van der Waals surface area contributed by atoms with Crippen molar-refractivity contribution in [2.75, 3.05) is 13.1 Å². The molecular weight excluding hydrogens is 516 g/mol. The van der Waals surface area contributed by atoms with Crippen LogP contribution in [0.5, 0.6) is 0 Å². The number of rotatable bonds is 10. The van der Waals surface area contributed by atoms with Crippen molar-refractivity contribution < 1.29 is 9.59 Å². The molecule has 0 spiro atoms. The molecule has 4 fully saturated rings. The van der Waals surface area contributed by atoms with Gasteiger partial charge >= 0.3 is 0 Å². The van der Waals surface area contributed by atoms with Crippen molar-refractivity contribution in [2.24, 2.45) is 23.2 Å². The minimum atomic E-state index is -0.248. The van der Waals surface area contributed by atoms with Crippen LogP contribution in [0.25, 0.3) is 16.6 Å². The van der Waals surface area contributed by atoms with E-state index in [1.807, 2.05) is 45.0 Å². The van der Waals surface area contributed by atoms with E-state index in [1.54, 1.807) is 4.68 Å². The van der Waals surface area contributed by atoms with E-state index in [1.165, 1.54) is 43.2 Å². The summed E-state index contributed by atoms with van der Waals surface area (Å²) in [6.07, 6.45) is 9.21. The van der Waals surface area contributed by atoms with E-state index in [9.17, 15) is 14.4 Å². The maximum atomic E-state index is 13.2. The molecule has 218 valence electrons. The second-order valence-electron chi connectivity index (χ2n) is 13.1. The minimum Gasteiger partial charge on any atom is -0.354 e. The van der Waals surface area contributed by atoms with E-state index in [2.05, 4.69) is 20.8 Å². The maximum Gasteiger partial charge on any atom is 0.295 e. The first-order chi connectivity index (χ1) is 19.7. The summed E-state index contributed by atoms with van der Waals surface area (Å²) in [5.41, 5.74) is 4.05. The van der Waals surface area contributed by atoms with Gasteiger partial charge in [-0.25, -0.2) is 9.36 Å². The molecule has 4 saturated carbocycles. The molecule has 4 aliphatic rings. The Morgan fingerprint density at radius 1 is 0.902 bits per heavy atom. The third-order valence-corrected chi connectivity index (χ3v) is 9.71. The highest BCUT2D eigenvalue weighted by Gasteiger charge is 2.51. The molecule has 9 nitrogen and oxygen atoms in total. The Kier molecular flexibility index (Phi) is 7.47. The van der Waals surface area contributed by atoms with Crippen molar-refractivity contribution in [3.63, 3.8) is 0 Å². The van der Waals surface area contributed by atoms with Crippen LogP contribution in [0.15, 0.2) is 29.1 Å². The molecule has 2 N–H and O–H groups in total. The number of carbonyl (C=O) groups is 2. The van der Waals surface area contributed by atoms with Gasteiger partial charge in [-0.1, -0.05) is 17.7 Å². The Bertz CT molecular complexity index is 1480. The van der Waals surface area contributed by atoms with Crippen molar-refractivity contribution in [1.82, 2.24) is 30.2 Å². The van der Waals surface area contributed by atoms with Crippen molar-refractivity contribution >= 4 is 22.7 Å². The summed E-state index contributed by atoms with van der Waals surface area (Å²) < 4.78 is 3.21. The molecule has 7 rings (SSSR count). The van der Waals surface area contributed by atoms with Gasteiger partial charge in [0.25, 0.3) is 5.56 Å². The summed E-state index contributed by atoms with van der Waals surface area (Å²) in [5, 5.41) is 15.8. The van der Waals surface area contributed by atoms with Gasteiger partial charge in [0, 0.05) is 32.5 Å². The number of carbonyl (C=O) groups excluding carboxylic acids is 2. The smallest absolute Gasteiger partial charge is 0.295 e. The molecule has 9 heteroatoms. The number of hydrogen-bond acceptors (Lipinski definition) is 5. The standard InChI is InChI=1S/C32H42N6O3/c1-20-6-8-26(9-7-20)38-22(3)29-21(2)35-37(31(41)30(29)36-38)12-4-5-27(39)33-10-11-34-28(40)19-32-16-23-13-24(17-32)15-25(14-23)18-32/h6-9,23-25H,4-5,10-19H2,1-3H3,(H,33,39)(H,34,40). The Morgan fingerprint density at radius 2 is 1.51 bits per heavy atom. The molecule has 0 aliphatic heterocycles. The van der Waals surface area contributed by atoms with Crippen molar-refractivity contribution in [3.05, 3.63) is 51.6 Å². The zero-order valence-electron chi connectivity index (χ0n) is 24.5. The lowest BCUT2D eigenvalue weighted by molar-refractivity contribution is -0.129. The number of hydrogen-bond donors (Lipinski definition) is 2. The van der Waals surface area contributed by atoms with Crippen LogP contribution in [0.2, 0.25) is 0 Å². The fourth-order valence-corrected chi connectivity index (χ4v) is 8.36. The average molecular weight is 559 g/mol. The first-order valence-corrected chi connectivity index (χ1v) is 15.3. The average Bonchev–Trinajstić information content (AvgIpc) is 3.26. The van der Waals surface area contributed by atoms with Gasteiger partial charge in [-0.3, -0.25) is 14.4 Å². The number of amides is 2. The Balaban J connectivity index is 0.966. The lowest BCUT2D eigenvalue weighted by Gasteiger charge is -2.56. The van der Waals surface area contributed by atoms with Gasteiger partial charge in [0.05, 0.1) is 22.5 Å². The van der Waals surface area contributed by atoms with E-state index in [-0.39, 0.29) is 29.2 Å². The summed E-state index contributed by atoms with van der Waals surface area (Å²) in [4.78, 5) is 38.3. The van der Waals surface area contributed by atoms with Crippen LogP contribution >= 0.6 is 0 Å². The van der Waals surface area contributed by atoms with Crippen LogP contribution < -0.4 is 16.2 Å². The van der Waals surface area contributed by atoms with Crippen molar-refractivity contribution in [1.29, 1.82) is 0 Å². The van der Waals surface area contributed by atoms with E-state index in [4.69, 9.17) is 0 Å². The molecule has 41 heavy (non-hydrogen) atoms. The van der Waals surface area contributed by atoms with E-state index in [0.29, 0.717) is 38.0 Å². The van der Waals surface area contributed by atoms with Gasteiger partial charge in [0.15, 0.2) is 5.52 Å². The van der Waals surface area contributed by atoms with Crippen molar-refractivity contribution in [2.45, 2.75) is 85.1 Å². The largest absolute Gasteiger partial charge is 0.354 e. The fraction of sp³-hybridized carbons (Fsp3) is 0.594. The summed E-state index contributed by atoms with van der Waals surface area (Å²) in [6.45, 7) is 7.05.